The molecule has 156 valence electrons. The first-order chi connectivity index (χ1) is 12.8. The third-order valence-corrected chi connectivity index (χ3v) is 4.13. The normalized spacial score (nSPS) is 12.0. The molecule has 0 aliphatic rings. The van der Waals surface area contributed by atoms with Crippen LogP contribution in [0.3, 0.4) is 0 Å². The Balaban J connectivity index is 4.26. The van der Waals surface area contributed by atoms with Crippen molar-refractivity contribution in [3.05, 3.63) is 11.7 Å². The number of allylic oxidation sites excluding steroid dienone is 1. The van der Waals surface area contributed by atoms with E-state index in [2.05, 4.69) is 27.7 Å². The molecule has 0 N–H and O–H groups in total. The molecule has 0 bridgehead atoms. The predicted octanol–water partition coefficient (Wildman–Crippen LogP) is 6.94. The molecular formula is C22H44O4. The van der Waals surface area contributed by atoms with Crippen LogP contribution in [0, 0.1) is 0 Å². The highest BCUT2D eigenvalue weighted by Gasteiger charge is 2.12. The Morgan fingerprint density at radius 2 is 1.15 bits per heavy atom. The number of hydrogen-bond donors (Lipinski definition) is 0. The van der Waals surface area contributed by atoms with Gasteiger partial charge in [-0.2, -0.15) is 0 Å². The summed E-state index contributed by atoms with van der Waals surface area (Å²) in [4.78, 5) is 0. The van der Waals surface area contributed by atoms with Gasteiger partial charge in [-0.15, -0.1) is 0 Å². The maximum atomic E-state index is 5.92. The summed E-state index contributed by atoms with van der Waals surface area (Å²) >= 11 is 0. The van der Waals surface area contributed by atoms with Gasteiger partial charge in [0.1, 0.15) is 0 Å². The first-order valence-corrected chi connectivity index (χ1v) is 11.0. The van der Waals surface area contributed by atoms with Gasteiger partial charge in [0, 0.05) is 6.42 Å². The van der Waals surface area contributed by atoms with Gasteiger partial charge in [-0.25, -0.2) is 0 Å². The van der Waals surface area contributed by atoms with Crippen LogP contribution in [0.25, 0.3) is 0 Å². The molecule has 0 heterocycles. The second-order valence-corrected chi connectivity index (χ2v) is 6.80. The number of rotatable bonds is 20. The standard InChI is InChI=1S/C22H44O4/c1-5-9-12-13-14-15-17-23-20-26-22(25-19-11-7-3)21(16-8-4)24-18-10-6-2/h5-20H2,1-4H3/b22-21-. The molecule has 4 nitrogen and oxygen atoms in total. The second-order valence-electron chi connectivity index (χ2n) is 6.80. The zero-order chi connectivity index (χ0) is 19.3. The van der Waals surface area contributed by atoms with Gasteiger partial charge >= 0.3 is 5.95 Å². The van der Waals surface area contributed by atoms with Gasteiger partial charge in [-0.3, -0.25) is 0 Å². The van der Waals surface area contributed by atoms with E-state index in [-0.39, 0.29) is 6.79 Å². The average Bonchev–Trinajstić information content (AvgIpc) is 2.65. The van der Waals surface area contributed by atoms with Gasteiger partial charge < -0.3 is 18.9 Å². The molecule has 0 radical (unpaired) electrons. The fourth-order valence-electron chi connectivity index (χ4n) is 2.45. The van der Waals surface area contributed by atoms with Gasteiger partial charge in [-0.1, -0.05) is 72.6 Å². The molecule has 4 heteroatoms. The van der Waals surface area contributed by atoms with Crippen LogP contribution < -0.4 is 0 Å². The van der Waals surface area contributed by atoms with Crippen molar-refractivity contribution in [1.82, 2.24) is 0 Å². The minimum atomic E-state index is 0.237. The Kier molecular flexibility index (Phi) is 19.7. The molecule has 0 aliphatic carbocycles. The highest BCUT2D eigenvalue weighted by Crippen LogP contribution is 2.17. The lowest BCUT2D eigenvalue weighted by molar-refractivity contribution is -0.0844. The van der Waals surface area contributed by atoms with E-state index in [1.165, 1.54) is 32.1 Å². The van der Waals surface area contributed by atoms with Crippen molar-refractivity contribution < 1.29 is 18.9 Å². The first kappa shape index (κ1) is 25.1. The van der Waals surface area contributed by atoms with Crippen molar-refractivity contribution in [3.63, 3.8) is 0 Å². The van der Waals surface area contributed by atoms with Crippen molar-refractivity contribution in [2.24, 2.45) is 0 Å². The third kappa shape index (κ3) is 15.4. The SMILES string of the molecule is CCCCCCCCOCO/C(OCCCC)=C(/CCC)OCCCC. The number of unbranched alkanes of at least 4 members (excludes halogenated alkanes) is 7. The molecule has 0 aliphatic heterocycles. The lowest BCUT2D eigenvalue weighted by Crippen LogP contribution is -2.10. The fourth-order valence-corrected chi connectivity index (χ4v) is 2.45. The Bertz CT molecular complexity index is 315. The van der Waals surface area contributed by atoms with E-state index >= 15 is 0 Å². The van der Waals surface area contributed by atoms with Gasteiger partial charge in [0.05, 0.1) is 19.8 Å². The van der Waals surface area contributed by atoms with Gasteiger partial charge in [-0.05, 0) is 25.7 Å². The first-order valence-electron chi connectivity index (χ1n) is 11.0. The van der Waals surface area contributed by atoms with Crippen LogP contribution in [-0.4, -0.2) is 26.6 Å². The van der Waals surface area contributed by atoms with Crippen LogP contribution in [0.1, 0.15) is 105 Å². The van der Waals surface area contributed by atoms with Gasteiger partial charge in [0.25, 0.3) is 0 Å². The highest BCUT2D eigenvalue weighted by molar-refractivity contribution is 4.95. The van der Waals surface area contributed by atoms with E-state index in [4.69, 9.17) is 18.9 Å². The molecule has 0 saturated carbocycles. The molecule has 0 aromatic carbocycles. The molecule has 0 amide bonds. The summed E-state index contributed by atoms with van der Waals surface area (Å²) in [7, 11) is 0. The summed E-state index contributed by atoms with van der Waals surface area (Å²) < 4.78 is 23.2. The quantitative estimate of drug-likeness (QED) is 0.132. The van der Waals surface area contributed by atoms with E-state index in [1.54, 1.807) is 0 Å². The molecule has 0 atom stereocenters. The topological polar surface area (TPSA) is 36.9 Å². The molecule has 0 rings (SSSR count). The molecule has 0 fully saturated rings. The zero-order valence-corrected chi connectivity index (χ0v) is 17.9. The summed E-state index contributed by atoms with van der Waals surface area (Å²) in [6, 6.07) is 0. The van der Waals surface area contributed by atoms with Crippen molar-refractivity contribution in [3.8, 4) is 0 Å². The molecular weight excluding hydrogens is 328 g/mol. The summed E-state index contributed by atoms with van der Waals surface area (Å²) in [6.07, 6.45) is 13.7. The number of hydrogen-bond acceptors (Lipinski definition) is 4. The Morgan fingerprint density at radius 1 is 0.538 bits per heavy atom. The lowest BCUT2D eigenvalue weighted by atomic mass is 10.1. The fraction of sp³-hybridized carbons (Fsp3) is 0.909. The largest absolute Gasteiger partial charge is 0.491 e. The van der Waals surface area contributed by atoms with Crippen molar-refractivity contribution in [2.45, 2.75) is 105 Å². The van der Waals surface area contributed by atoms with E-state index in [9.17, 15) is 0 Å². The monoisotopic (exact) mass is 372 g/mol. The van der Waals surface area contributed by atoms with Crippen LogP contribution >= 0.6 is 0 Å². The molecule has 0 spiro atoms. The van der Waals surface area contributed by atoms with Gasteiger partial charge in [0.15, 0.2) is 12.6 Å². The smallest absolute Gasteiger partial charge is 0.321 e. The Hall–Kier alpha value is -0.900. The zero-order valence-electron chi connectivity index (χ0n) is 17.9. The van der Waals surface area contributed by atoms with E-state index in [0.717, 1.165) is 57.3 Å². The predicted molar refractivity (Wildman–Crippen MR) is 109 cm³/mol. The minimum Gasteiger partial charge on any atom is -0.491 e. The second kappa shape index (κ2) is 20.4. The Labute approximate surface area is 162 Å². The Morgan fingerprint density at radius 3 is 1.81 bits per heavy atom. The van der Waals surface area contributed by atoms with E-state index < -0.39 is 0 Å². The minimum absolute atomic E-state index is 0.237. The number of ether oxygens (including phenoxy) is 4. The van der Waals surface area contributed by atoms with Crippen LogP contribution in [0.15, 0.2) is 11.7 Å². The van der Waals surface area contributed by atoms with E-state index in [0.29, 0.717) is 19.2 Å². The summed E-state index contributed by atoms with van der Waals surface area (Å²) in [5, 5.41) is 0. The van der Waals surface area contributed by atoms with Crippen LogP contribution in [0.5, 0.6) is 0 Å². The van der Waals surface area contributed by atoms with Crippen LogP contribution in [0.2, 0.25) is 0 Å². The third-order valence-electron chi connectivity index (χ3n) is 4.13. The summed E-state index contributed by atoms with van der Waals surface area (Å²) in [5.74, 6) is 1.36. The van der Waals surface area contributed by atoms with E-state index in [1.807, 2.05) is 0 Å². The van der Waals surface area contributed by atoms with Crippen molar-refractivity contribution in [1.29, 1.82) is 0 Å². The molecule has 0 saturated heterocycles. The van der Waals surface area contributed by atoms with Crippen LogP contribution in [0.4, 0.5) is 0 Å². The summed E-state index contributed by atoms with van der Waals surface area (Å²) in [6.45, 7) is 11.1. The lowest BCUT2D eigenvalue weighted by Gasteiger charge is -2.17. The maximum absolute atomic E-state index is 5.92. The van der Waals surface area contributed by atoms with Crippen LogP contribution in [-0.2, 0) is 18.9 Å². The van der Waals surface area contributed by atoms with Gasteiger partial charge in [0.2, 0.25) is 0 Å². The van der Waals surface area contributed by atoms with Crippen molar-refractivity contribution in [2.75, 3.05) is 26.6 Å². The highest BCUT2D eigenvalue weighted by atomic mass is 16.7. The summed E-state index contributed by atoms with van der Waals surface area (Å²) in [5.41, 5.74) is 0. The molecule has 26 heavy (non-hydrogen) atoms. The maximum Gasteiger partial charge on any atom is 0.321 e. The molecule has 0 aromatic heterocycles. The molecule has 0 unspecified atom stereocenters. The molecule has 0 aromatic rings. The van der Waals surface area contributed by atoms with Crippen molar-refractivity contribution >= 4 is 0 Å². The average molecular weight is 373 g/mol.